The van der Waals surface area contributed by atoms with Gasteiger partial charge < -0.3 is 34.2 Å². The molecule has 21 heteroatoms. The number of benzene rings is 1. The summed E-state index contributed by atoms with van der Waals surface area (Å²) in [4.78, 5) is 37.3. The number of rotatable bonds is 9. The Hall–Kier alpha value is -2.01. The molecular formula is C22H25Cl2N7O9P2S. The average Bonchev–Trinajstić information content (AvgIpc) is 3.69. The molecule has 2 aliphatic heterocycles. The molecule has 4 N–H and O–H groups in total. The third kappa shape index (κ3) is 6.53. The van der Waals surface area contributed by atoms with Crippen molar-refractivity contribution in [2.45, 2.75) is 50.2 Å². The third-order valence-electron chi connectivity index (χ3n) is 6.93. The molecule has 2 fully saturated rings. The molecule has 1 aromatic carbocycles. The van der Waals surface area contributed by atoms with Crippen molar-refractivity contribution in [2.75, 3.05) is 19.0 Å². The number of nitrogens with two attached hydrogens (primary N) is 1. The molecule has 232 valence electrons. The summed E-state index contributed by atoms with van der Waals surface area (Å²) in [6.45, 7) is -3.22. The first-order chi connectivity index (χ1) is 20.3. The van der Waals surface area contributed by atoms with Crippen molar-refractivity contribution in [2.24, 2.45) is 0 Å². The monoisotopic (exact) mass is 695 g/mol. The normalized spacial score (nSPS) is 27.1. The van der Waals surface area contributed by atoms with Crippen molar-refractivity contribution in [1.29, 1.82) is 0 Å². The van der Waals surface area contributed by atoms with Crippen LogP contribution >= 0.6 is 49.8 Å². The number of hydrogen-bond donors (Lipinski definition) is 4. The van der Waals surface area contributed by atoms with Gasteiger partial charge in [0.1, 0.15) is 30.4 Å². The number of nitrogens with zero attached hydrogens (tertiary/aromatic N) is 5. The third-order valence-corrected chi connectivity index (χ3v) is 9.69. The average molecular weight is 696 g/mol. The van der Waals surface area contributed by atoms with Crippen LogP contribution in [-0.2, 0) is 32.2 Å². The minimum absolute atomic E-state index is 0.0435. The Morgan fingerprint density at radius 1 is 1.16 bits per heavy atom. The predicted molar refractivity (Wildman–Crippen MR) is 158 cm³/mol. The number of imidazole rings is 2. The van der Waals surface area contributed by atoms with Crippen molar-refractivity contribution in [3.63, 3.8) is 0 Å². The summed E-state index contributed by atoms with van der Waals surface area (Å²) in [7, 11) is -3.81. The molecule has 0 saturated carbocycles. The Morgan fingerprint density at radius 3 is 2.70 bits per heavy atom. The van der Waals surface area contributed by atoms with Crippen LogP contribution in [0.3, 0.4) is 0 Å². The van der Waals surface area contributed by atoms with Crippen LogP contribution in [0, 0.1) is 0 Å². The number of fused-ring (bicyclic) bond motifs is 2. The van der Waals surface area contributed by atoms with Gasteiger partial charge in [0.05, 0.1) is 40.1 Å². The van der Waals surface area contributed by atoms with E-state index in [1.807, 2.05) is 0 Å². The van der Waals surface area contributed by atoms with Crippen LogP contribution in [0.1, 0.15) is 31.7 Å². The van der Waals surface area contributed by atoms with Gasteiger partial charge in [0, 0.05) is 13.1 Å². The summed E-state index contributed by atoms with van der Waals surface area (Å²) in [5.74, 6) is 0.133. The lowest BCUT2D eigenvalue weighted by Gasteiger charge is -2.24. The van der Waals surface area contributed by atoms with Gasteiger partial charge in [0.2, 0.25) is 0 Å². The van der Waals surface area contributed by atoms with Crippen LogP contribution in [0.25, 0.3) is 22.2 Å². The zero-order valence-electron chi connectivity index (χ0n) is 22.1. The van der Waals surface area contributed by atoms with Crippen molar-refractivity contribution in [1.82, 2.24) is 29.1 Å². The molecule has 0 bridgehead atoms. The van der Waals surface area contributed by atoms with Crippen LogP contribution in [0.5, 0.6) is 0 Å². The number of hydrogen-bond acceptors (Lipinski definition) is 12. The van der Waals surface area contributed by atoms with Crippen LogP contribution in [-0.4, -0.2) is 65.7 Å². The smallest absolute Gasteiger partial charge is 0.382 e. The summed E-state index contributed by atoms with van der Waals surface area (Å²) in [5.41, 5.74) is 7.10. The van der Waals surface area contributed by atoms with Gasteiger partial charge in [-0.15, -0.1) is 0 Å². The van der Waals surface area contributed by atoms with Crippen LogP contribution in [0.15, 0.2) is 29.6 Å². The molecule has 3 aromatic heterocycles. The Kier molecular flexibility index (Phi) is 8.45. The second kappa shape index (κ2) is 11.7. The maximum Gasteiger partial charge on any atom is 0.385 e. The largest absolute Gasteiger partial charge is 0.385 e. The molecule has 5 heterocycles. The Balaban J connectivity index is 1.13. The second-order valence-electron chi connectivity index (χ2n) is 9.96. The molecule has 4 aromatic rings. The van der Waals surface area contributed by atoms with Crippen LogP contribution in [0.2, 0.25) is 10.0 Å². The molecule has 3 unspecified atom stereocenters. The first kappa shape index (κ1) is 31.0. The van der Waals surface area contributed by atoms with E-state index in [1.165, 1.54) is 23.9 Å². The van der Waals surface area contributed by atoms with E-state index < -0.39 is 51.0 Å². The van der Waals surface area contributed by atoms with Crippen molar-refractivity contribution in [3.8, 4) is 0 Å². The van der Waals surface area contributed by atoms with Gasteiger partial charge in [-0.3, -0.25) is 13.6 Å². The molecule has 0 amide bonds. The number of thiol groups is 1. The zero-order chi connectivity index (χ0) is 30.7. The fourth-order valence-corrected chi connectivity index (χ4v) is 7.30. The molecule has 2 aliphatic rings. The van der Waals surface area contributed by atoms with E-state index in [0.717, 1.165) is 0 Å². The second-order valence-corrected chi connectivity index (χ2v) is 15.5. The van der Waals surface area contributed by atoms with Crippen molar-refractivity contribution < 1.29 is 37.1 Å². The quantitative estimate of drug-likeness (QED) is 0.143. The van der Waals surface area contributed by atoms with Gasteiger partial charge >= 0.3 is 20.1 Å². The van der Waals surface area contributed by atoms with Gasteiger partial charge in [-0.05, 0) is 25.0 Å². The fraction of sp³-hybridized carbons (Fsp3) is 0.455. The lowest BCUT2D eigenvalue weighted by Crippen LogP contribution is -2.26. The van der Waals surface area contributed by atoms with Gasteiger partial charge in [-0.2, -0.15) is 0 Å². The SMILES string of the molecule is CP(=O)(OC[C@@H]1CC[C@H](n2c(=O)[nH]c3c(N)ncnc32)O1)OC1C[C@H](n2cnc3cc(Cl)c(Cl)cc32)O[C@@H]1OP(=O)(O)S. The number of H-pyrrole nitrogens is 1. The van der Waals surface area contributed by atoms with Gasteiger partial charge in [-0.1, -0.05) is 35.5 Å². The van der Waals surface area contributed by atoms with Crippen LogP contribution in [0.4, 0.5) is 5.82 Å². The van der Waals surface area contributed by atoms with Crippen molar-refractivity contribution in [3.05, 3.63) is 45.3 Å². The number of aromatic amines is 1. The number of anilines is 1. The van der Waals surface area contributed by atoms with Gasteiger partial charge in [0.25, 0.3) is 0 Å². The predicted octanol–water partition coefficient (Wildman–Crippen LogP) is 4.25. The lowest BCUT2D eigenvalue weighted by atomic mass is 10.2. The number of ether oxygens (including phenoxy) is 2. The molecule has 0 radical (unpaired) electrons. The summed E-state index contributed by atoms with van der Waals surface area (Å²) < 4.78 is 56.7. The topological polar surface area (TPSA) is 208 Å². The number of nitrogens with one attached hydrogen (secondary N) is 1. The molecular weight excluding hydrogens is 671 g/mol. The summed E-state index contributed by atoms with van der Waals surface area (Å²) in [6.07, 6.45) is -0.799. The Bertz CT molecular complexity index is 1850. The van der Waals surface area contributed by atoms with E-state index in [4.69, 9.17) is 52.0 Å². The number of aromatic nitrogens is 6. The van der Waals surface area contributed by atoms with Crippen molar-refractivity contribution >= 4 is 77.9 Å². The Labute approximate surface area is 258 Å². The number of nitrogen functional groups attached to an aromatic ring is 1. The number of halogens is 2. The molecule has 7 atom stereocenters. The summed E-state index contributed by atoms with van der Waals surface area (Å²) >= 11 is 15.9. The summed E-state index contributed by atoms with van der Waals surface area (Å²) in [5, 5.41) is 0.610. The molecule has 0 spiro atoms. The molecule has 43 heavy (non-hydrogen) atoms. The van der Waals surface area contributed by atoms with E-state index in [9.17, 15) is 18.8 Å². The highest BCUT2D eigenvalue weighted by Gasteiger charge is 2.44. The zero-order valence-corrected chi connectivity index (χ0v) is 26.3. The molecule has 2 saturated heterocycles. The minimum atomic E-state index is -4.34. The fourth-order valence-electron chi connectivity index (χ4n) is 5.08. The van der Waals surface area contributed by atoms with E-state index in [2.05, 4.69) is 32.2 Å². The van der Waals surface area contributed by atoms with Crippen LogP contribution < -0.4 is 11.4 Å². The molecule has 0 aliphatic carbocycles. The molecule has 6 rings (SSSR count). The van der Waals surface area contributed by atoms with E-state index >= 15 is 0 Å². The van der Waals surface area contributed by atoms with E-state index in [-0.39, 0.29) is 18.8 Å². The summed E-state index contributed by atoms with van der Waals surface area (Å²) in [6, 6.07) is 3.19. The minimum Gasteiger partial charge on any atom is -0.382 e. The van der Waals surface area contributed by atoms with Gasteiger partial charge in [-0.25, -0.2) is 28.9 Å². The molecule has 16 nitrogen and oxygen atoms in total. The highest BCUT2D eigenvalue weighted by molar-refractivity contribution is 8.44. The highest BCUT2D eigenvalue weighted by Crippen LogP contribution is 2.54. The standard InChI is InChI=1S/C22H25Cl2N7O9P2S/c1-41(33,36-7-10-2-3-16(37-10)31-20-18(29-22(31)32)19(25)26-8-27-20)39-15-6-17(38-21(15)40-42(34,35)43)30-9-28-13-4-11(23)12(24)5-14(13)30/h4-5,8-10,15-17,21H,2-3,6-7H2,1H3,(H,29,32)(H2,25,26,27)(H2,34,35,43)/t10-,15?,16+,17+,21+,41?/m0/s1. The first-order valence-electron chi connectivity index (χ1n) is 12.8. The lowest BCUT2D eigenvalue weighted by molar-refractivity contribution is -0.123. The maximum atomic E-state index is 13.4. The maximum absolute atomic E-state index is 13.4. The first-order valence-corrected chi connectivity index (χ1v) is 18.2. The van der Waals surface area contributed by atoms with E-state index in [1.54, 1.807) is 16.7 Å². The Morgan fingerprint density at radius 2 is 1.93 bits per heavy atom. The van der Waals surface area contributed by atoms with Gasteiger partial charge in [0.15, 0.2) is 17.8 Å². The van der Waals surface area contributed by atoms with E-state index in [0.29, 0.717) is 45.1 Å². The highest BCUT2D eigenvalue weighted by atomic mass is 35.5.